The van der Waals surface area contributed by atoms with Crippen LogP contribution in [0.15, 0.2) is 0 Å². The van der Waals surface area contributed by atoms with E-state index in [0.29, 0.717) is 0 Å². The Kier molecular flexibility index (Phi) is 20.8. The van der Waals surface area contributed by atoms with Gasteiger partial charge in [-0.3, -0.25) is 0 Å². The zero-order chi connectivity index (χ0) is 11.9. The number of hydrogen-bond donors (Lipinski definition) is 0. The standard InChI is InChI=1S/3C4H9.C2H5.Sn.H/c3*1-3-4-2;1-2;;/h3*1,3-4H2,2H3;1H2,2H3;;. The number of rotatable bonds is 9. The molecular weight excluding hydrogens is 287 g/mol. The van der Waals surface area contributed by atoms with Crippen molar-refractivity contribution >= 4 is 19.8 Å². The van der Waals surface area contributed by atoms with Gasteiger partial charge in [0.2, 0.25) is 0 Å². The van der Waals surface area contributed by atoms with Crippen molar-refractivity contribution in [3.05, 3.63) is 6.92 Å². The van der Waals surface area contributed by atoms with Gasteiger partial charge in [0.1, 0.15) is 0 Å². The summed E-state index contributed by atoms with van der Waals surface area (Å²) in [6.07, 6.45) is 8.87. The molecule has 93 valence electrons. The first-order valence-electron chi connectivity index (χ1n) is 7.05. The molecule has 0 saturated heterocycles. The van der Waals surface area contributed by atoms with Gasteiger partial charge < -0.3 is 0 Å². The number of unbranched alkanes of at least 4 members (excludes halogenated alkanes) is 3. The summed E-state index contributed by atoms with van der Waals surface area (Å²) in [5, 5.41) is 0. The van der Waals surface area contributed by atoms with Crippen molar-refractivity contribution in [2.24, 2.45) is 0 Å². The molecule has 1 heteroatoms. The van der Waals surface area contributed by atoms with E-state index < -0.39 is 19.8 Å². The summed E-state index contributed by atoms with van der Waals surface area (Å²) in [4.78, 5) is 0. The largest absolute Gasteiger partial charge is 0.0654 e. The molecule has 0 rings (SSSR count). The SMILES string of the molecule is CCC[CH2][SnH]([CH2]CCC)[CH2]CCC.[CH2]C. The minimum Gasteiger partial charge on any atom is -0.0654 e. The molecule has 0 atom stereocenters. The van der Waals surface area contributed by atoms with Crippen molar-refractivity contribution in [3.8, 4) is 0 Å². The van der Waals surface area contributed by atoms with Crippen LogP contribution in [0.25, 0.3) is 0 Å². The van der Waals surface area contributed by atoms with Crippen LogP contribution in [0.2, 0.25) is 13.3 Å². The van der Waals surface area contributed by atoms with E-state index in [1.807, 2.05) is 0 Å². The summed E-state index contributed by atoms with van der Waals surface area (Å²) >= 11 is -0.967. The molecule has 0 saturated carbocycles. The van der Waals surface area contributed by atoms with Crippen LogP contribution in [0.3, 0.4) is 0 Å². The number of hydrogen-bond acceptors (Lipinski definition) is 0. The van der Waals surface area contributed by atoms with Crippen molar-refractivity contribution in [1.29, 1.82) is 0 Å². The van der Waals surface area contributed by atoms with Gasteiger partial charge in [-0.1, -0.05) is 13.8 Å². The molecule has 0 N–H and O–H groups in total. The topological polar surface area (TPSA) is 0 Å². The fourth-order valence-electron chi connectivity index (χ4n) is 1.91. The minimum absolute atomic E-state index is 0.967. The van der Waals surface area contributed by atoms with Crippen LogP contribution >= 0.6 is 0 Å². The van der Waals surface area contributed by atoms with Crippen molar-refractivity contribution in [3.63, 3.8) is 0 Å². The Morgan fingerprint density at radius 2 is 0.933 bits per heavy atom. The molecule has 15 heavy (non-hydrogen) atoms. The van der Waals surface area contributed by atoms with Gasteiger partial charge >= 0.3 is 92.4 Å². The van der Waals surface area contributed by atoms with Crippen molar-refractivity contribution in [1.82, 2.24) is 0 Å². The molecule has 0 bridgehead atoms. The van der Waals surface area contributed by atoms with E-state index in [9.17, 15) is 0 Å². The van der Waals surface area contributed by atoms with Gasteiger partial charge in [0, 0.05) is 0 Å². The third kappa shape index (κ3) is 14.8. The van der Waals surface area contributed by atoms with Crippen molar-refractivity contribution in [2.45, 2.75) is 79.5 Å². The molecule has 1 radical (unpaired) electrons. The predicted octanol–water partition coefficient (Wildman–Crippen LogP) is 5.45. The smallest absolute Gasteiger partial charge is 0.0564 e. The molecule has 0 fully saturated rings. The maximum absolute atomic E-state index is 3.25. The quantitative estimate of drug-likeness (QED) is 0.495. The second kappa shape index (κ2) is 17.2. The molecule has 0 aliphatic carbocycles. The molecule has 0 amide bonds. The molecule has 0 spiro atoms. The molecule has 0 aromatic heterocycles. The fourth-order valence-corrected chi connectivity index (χ4v) is 12.8. The van der Waals surface area contributed by atoms with Crippen LogP contribution in [-0.4, -0.2) is 19.8 Å². The van der Waals surface area contributed by atoms with Crippen molar-refractivity contribution < 1.29 is 0 Å². The zero-order valence-electron chi connectivity index (χ0n) is 11.6. The van der Waals surface area contributed by atoms with Crippen LogP contribution in [0.1, 0.15) is 66.2 Å². The maximum Gasteiger partial charge on any atom is -0.0564 e. The molecule has 0 nitrogen and oxygen atoms in total. The Morgan fingerprint density at radius 1 is 0.667 bits per heavy atom. The first kappa shape index (κ1) is 18.2. The van der Waals surface area contributed by atoms with Gasteiger partial charge in [0.15, 0.2) is 0 Å². The minimum atomic E-state index is -0.967. The third-order valence-corrected chi connectivity index (χ3v) is 13.4. The van der Waals surface area contributed by atoms with E-state index in [1.54, 1.807) is 20.2 Å². The Hall–Kier alpha value is 0.799. The Morgan fingerprint density at radius 3 is 1.13 bits per heavy atom. The fraction of sp³-hybridized carbons (Fsp3) is 0.929. The van der Waals surface area contributed by atoms with Gasteiger partial charge in [-0.15, -0.1) is 0 Å². The molecule has 0 aliphatic rings. The van der Waals surface area contributed by atoms with Crippen LogP contribution < -0.4 is 0 Å². The van der Waals surface area contributed by atoms with E-state index >= 15 is 0 Å². The van der Waals surface area contributed by atoms with Crippen LogP contribution in [0, 0.1) is 6.92 Å². The second-order valence-corrected chi connectivity index (χ2v) is 14.2. The molecular formula is C14H33Sn. The van der Waals surface area contributed by atoms with Crippen LogP contribution in [0.4, 0.5) is 0 Å². The van der Waals surface area contributed by atoms with E-state index in [1.165, 1.54) is 38.5 Å². The van der Waals surface area contributed by atoms with E-state index in [-0.39, 0.29) is 0 Å². The van der Waals surface area contributed by atoms with Crippen LogP contribution in [-0.2, 0) is 0 Å². The summed E-state index contributed by atoms with van der Waals surface area (Å²) in [7, 11) is 0. The molecule has 0 aromatic carbocycles. The predicted molar refractivity (Wildman–Crippen MR) is 77.3 cm³/mol. The summed E-state index contributed by atoms with van der Waals surface area (Å²) in [6.45, 7) is 12.0. The van der Waals surface area contributed by atoms with Crippen molar-refractivity contribution in [2.75, 3.05) is 0 Å². The molecule has 0 unspecified atom stereocenters. The molecule has 0 heterocycles. The Balaban J connectivity index is 0. The van der Waals surface area contributed by atoms with Gasteiger partial charge in [0.25, 0.3) is 0 Å². The summed E-state index contributed by atoms with van der Waals surface area (Å²) in [5.74, 6) is 0. The average Bonchev–Trinajstić information content (AvgIpc) is 2.31. The molecule has 0 aliphatic heterocycles. The summed E-state index contributed by atoms with van der Waals surface area (Å²) in [5.41, 5.74) is 0. The van der Waals surface area contributed by atoms with E-state index in [4.69, 9.17) is 0 Å². The Labute approximate surface area is 106 Å². The monoisotopic (exact) mass is 321 g/mol. The summed E-state index contributed by atoms with van der Waals surface area (Å²) < 4.78 is 5.08. The van der Waals surface area contributed by atoms with Gasteiger partial charge in [0.05, 0.1) is 0 Å². The first-order valence-corrected chi connectivity index (χ1v) is 14.0. The van der Waals surface area contributed by atoms with Gasteiger partial charge in [-0.05, 0) is 0 Å². The third-order valence-electron chi connectivity index (χ3n) is 2.90. The second-order valence-electron chi connectivity index (χ2n) is 4.29. The van der Waals surface area contributed by atoms with Gasteiger partial charge in [-0.2, -0.15) is 0 Å². The normalized spacial score (nSPS) is 10.0. The first-order chi connectivity index (χ1) is 7.35. The van der Waals surface area contributed by atoms with Gasteiger partial charge in [-0.25, -0.2) is 0 Å². The van der Waals surface area contributed by atoms with Crippen LogP contribution in [0.5, 0.6) is 0 Å². The average molecular weight is 320 g/mol. The van der Waals surface area contributed by atoms with E-state index in [0.717, 1.165) is 0 Å². The zero-order valence-corrected chi connectivity index (χ0v) is 14.9. The van der Waals surface area contributed by atoms with E-state index in [2.05, 4.69) is 27.7 Å². The summed E-state index contributed by atoms with van der Waals surface area (Å²) in [6, 6.07) is 0. The Bertz CT molecular complexity index is 72.3. The molecule has 0 aromatic rings. The maximum atomic E-state index is 3.25.